The van der Waals surface area contributed by atoms with E-state index in [-0.39, 0.29) is 11.9 Å². The second kappa shape index (κ2) is 6.53. The predicted octanol–water partition coefficient (Wildman–Crippen LogP) is 4.27. The van der Waals surface area contributed by atoms with Crippen LogP contribution >= 0.6 is 15.9 Å². The summed E-state index contributed by atoms with van der Waals surface area (Å²) in [6.07, 6.45) is 1.76. The SMILES string of the molecule is CCc1ccc(C(=O)NC2CCOc3ccc(Br)cc32)cc1. The third kappa shape index (κ3) is 3.17. The van der Waals surface area contributed by atoms with E-state index in [9.17, 15) is 4.79 Å². The molecule has 1 aliphatic heterocycles. The van der Waals surface area contributed by atoms with Gasteiger partial charge >= 0.3 is 0 Å². The number of fused-ring (bicyclic) bond motifs is 1. The second-order valence-corrected chi connectivity index (χ2v) is 6.31. The maximum atomic E-state index is 12.4. The van der Waals surface area contributed by atoms with Gasteiger partial charge in [0.1, 0.15) is 5.75 Å². The molecule has 1 unspecified atom stereocenters. The van der Waals surface area contributed by atoms with E-state index in [1.165, 1.54) is 5.56 Å². The first-order valence-electron chi connectivity index (χ1n) is 7.49. The van der Waals surface area contributed by atoms with Gasteiger partial charge in [-0.05, 0) is 42.3 Å². The first-order chi connectivity index (χ1) is 10.7. The Kier molecular flexibility index (Phi) is 4.48. The van der Waals surface area contributed by atoms with Gasteiger partial charge in [-0.25, -0.2) is 0 Å². The number of amides is 1. The number of nitrogens with one attached hydrogen (secondary N) is 1. The fourth-order valence-corrected chi connectivity index (χ4v) is 3.03. The number of halogens is 1. The topological polar surface area (TPSA) is 38.3 Å². The smallest absolute Gasteiger partial charge is 0.251 e. The molecule has 1 heterocycles. The Morgan fingerprint density at radius 3 is 2.77 bits per heavy atom. The first kappa shape index (κ1) is 15.1. The highest BCUT2D eigenvalue weighted by Crippen LogP contribution is 2.34. The zero-order chi connectivity index (χ0) is 15.5. The van der Waals surface area contributed by atoms with Gasteiger partial charge in [-0.3, -0.25) is 4.79 Å². The Bertz CT molecular complexity index is 682. The Balaban J connectivity index is 1.78. The number of hydrogen-bond donors (Lipinski definition) is 1. The lowest BCUT2D eigenvalue weighted by atomic mass is 10.00. The van der Waals surface area contributed by atoms with Crippen molar-refractivity contribution in [2.75, 3.05) is 6.61 Å². The molecule has 0 fully saturated rings. The van der Waals surface area contributed by atoms with Crippen molar-refractivity contribution in [3.63, 3.8) is 0 Å². The summed E-state index contributed by atoms with van der Waals surface area (Å²) in [6.45, 7) is 2.72. The third-order valence-corrected chi connectivity index (χ3v) is 4.43. The van der Waals surface area contributed by atoms with Crippen LogP contribution < -0.4 is 10.1 Å². The molecule has 0 spiro atoms. The normalized spacial score (nSPS) is 16.5. The van der Waals surface area contributed by atoms with Crippen LogP contribution in [0.15, 0.2) is 46.9 Å². The average molecular weight is 360 g/mol. The van der Waals surface area contributed by atoms with Gasteiger partial charge in [-0.1, -0.05) is 35.0 Å². The van der Waals surface area contributed by atoms with Crippen LogP contribution in [-0.2, 0) is 6.42 Å². The maximum Gasteiger partial charge on any atom is 0.251 e. The zero-order valence-electron chi connectivity index (χ0n) is 12.4. The van der Waals surface area contributed by atoms with Gasteiger partial charge in [0.05, 0.1) is 12.6 Å². The molecule has 1 N–H and O–H groups in total. The lowest BCUT2D eigenvalue weighted by Gasteiger charge is -2.27. The summed E-state index contributed by atoms with van der Waals surface area (Å²) in [6, 6.07) is 13.7. The Morgan fingerprint density at radius 1 is 1.27 bits per heavy atom. The molecular weight excluding hydrogens is 342 g/mol. The van der Waals surface area contributed by atoms with Crippen LogP contribution in [0.25, 0.3) is 0 Å². The molecule has 0 radical (unpaired) electrons. The van der Waals surface area contributed by atoms with E-state index in [1.807, 2.05) is 42.5 Å². The van der Waals surface area contributed by atoms with Crippen molar-refractivity contribution in [1.82, 2.24) is 5.32 Å². The molecule has 3 nitrogen and oxygen atoms in total. The highest BCUT2D eigenvalue weighted by molar-refractivity contribution is 9.10. The van der Waals surface area contributed by atoms with Crippen LogP contribution in [0.3, 0.4) is 0 Å². The van der Waals surface area contributed by atoms with Gasteiger partial charge in [-0.15, -0.1) is 0 Å². The highest BCUT2D eigenvalue weighted by Gasteiger charge is 2.23. The number of hydrogen-bond acceptors (Lipinski definition) is 2. The molecule has 0 bridgehead atoms. The van der Waals surface area contributed by atoms with Gasteiger partial charge in [0.2, 0.25) is 0 Å². The van der Waals surface area contributed by atoms with Crippen molar-refractivity contribution in [1.29, 1.82) is 0 Å². The number of carbonyl (C=O) groups is 1. The molecular formula is C18H18BrNO2. The summed E-state index contributed by atoms with van der Waals surface area (Å²) in [5.74, 6) is 0.807. The highest BCUT2D eigenvalue weighted by atomic mass is 79.9. The van der Waals surface area contributed by atoms with Crippen molar-refractivity contribution in [3.8, 4) is 5.75 Å². The minimum Gasteiger partial charge on any atom is -0.493 e. The van der Waals surface area contributed by atoms with Crippen molar-refractivity contribution >= 4 is 21.8 Å². The lowest BCUT2D eigenvalue weighted by molar-refractivity contribution is 0.0925. The van der Waals surface area contributed by atoms with E-state index in [0.29, 0.717) is 12.2 Å². The first-order valence-corrected chi connectivity index (χ1v) is 8.28. The number of rotatable bonds is 3. The summed E-state index contributed by atoms with van der Waals surface area (Å²) in [5.41, 5.74) is 2.95. The van der Waals surface area contributed by atoms with Crippen molar-refractivity contribution in [3.05, 3.63) is 63.6 Å². The summed E-state index contributed by atoms with van der Waals surface area (Å²) < 4.78 is 6.64. The van der Waals surface area contributed by atoms with Crippen LogP contribution in [-0.4, -0.2) is 12.5 Å². The van der Waals surface area contributed by atoms with Gasteiger partial charge in [-0.2, -0.15) is 0 Å². The minimum atomic E-state index is -0.0412. The molecule has 0 aliphatic carbocycles. The predicted molar refractivity (Wildman–Crippen MR) is 90.3 cm³/mol. The number of ether oxygens (including phenoxy) is 1. The molecule has 2 aromatic rings. The van der Waals surface area contributed by atoms with Crippen molar-refractivity contribution < 1.29 is 9.53 Å². The Hall–Kier alpha value is -1.81. The number of benzene rings is 2. The van der Waals surface area contributed by atoms with E-state index in [0.717, 1.165) is 28.6 Å². The molecule has 0 saturated carbocycles. The van der Waals surface area contributed by atoms with E-state index >= 15 is 0 Å². The van der Waals surface area contributed by atoms with Crippen LogP contribution in [0, 0.1) is 0 Å². The van der Waals surface area contributed by atoms with Gasteiger partial charge < -0.3 is 10.1 Å². The van der Waals surface area contributed by atoms with Gasteiger partial charge in [0.25, 0.3) is 5.91 Å². The van der Waals surface area contributed by atoms with Crippen LogP contribution in [0.1, 0.15) is 40.9 Å². The molecule has 4 heteroatoms. The summed E-state index contributed by atoms with van der Waals surface area (Å²) in [7, 11) is 0. The third-order valence-electron chi connectivity index (χ3n) is 3.94. The largest absolute Gasteiger partial charge is 0.493 e. The molecule has 0 aromatic heterocycles. The molecule has 3 rings (SSSR count). The Morgan fingerprint density at radius 2 is 2.05 bits per heavy atom. The van der Waals surface area contributed by atoms with Crippen LogP contribution in [0.2, 0.25) is 0 Å². The molecule has 0 saturated heterocycles. The zero-order valence-corrected chi connectivity index (χ0v) is 14.0. The molecule has 2 aromatic carbocycles. The van der Waals surface area contributed by atoms with E-state index in [2.05, 4.69) is 28.2 Å². The standard InChI is InChI=1S/C18H18BrNO2/c1-2-12-3-5-13(6-4-12)18(21)20-16-9-10-22-17-8-7-14(19)11-15(16)17/h3-8,11,16H,2,9-10H2,1H3,(H,20,21). The molecule has 22 heavy (non-hydrogen) atoms. The maximum absolute atomic E-state index is 12.4. The average Bonchev–Trinajstić information content (AvgIpc) is 2.55. The van der Waals surface area contributed by atoms with E-state index in [4.69, 9.17) is 4.74 Å². The van der Waals surface area contributed by atoms with Crippen LogP contribution in [0.5, 0.6) is 5.75 Å². The fraction of sp³-hybridized carbons (Fsp3) is 0.278. The minimum absolute atomic E-state index is 0.0143. The molecule has 1 aliphatic rings. The van der Waals surface area contributed by atoms with Crippen molar-refractivity contribution in [2.45, 2.75) is 25.8 Å². The monoisotopic (exact) mass is 359 g/mol. The van der Waals surface area contributed by atoms with E-state index in [1.54, 1.807) is 0 Å². The van der Waals surface area contributed by atoms with Gasteiger partial charge in [0, 0.05) is 22.0 Å². The van der Waals surface area contributed by atoms with Gasteiger partial charge in [0.15, 0.2) is 0 Å². The number of carbonyl (C=O) groups excluding carboxylic acids is 1. The molecule has 1 atom stereocenters. The lowest BCUT2D eigenvalue weighted by Crippen LogP contribution is -2.32. The second-order valence-electron chi connectivity index (χ2n) is 5.40. The van der Waals surface area contributed by atoms with E-state index < -0.39 is 0 Å². The fourth-order valence-electron chi connectivity index (χ4n) is 2.65. The number of aryl methyl sites for hydroxylation is 1. The molecule has 114 valence electrons. The Labute approximate surface area is 138 Å². The quantitative estimate of drug-likeness (QED) is 0.888. The summed E-state index contributed by atoms with van der Waals surface area (Å²) in [5, 5.41) is 3.12. The molecule has 1 amide bonds. The van der Waals surface area contributed by atoms with Crippen molar-refractivity contribution in [2.24, 2.45) is 0 Å². The summed E-state index contributed by atoms with van der Waals surface area (Å²) in [4.78, 5) is 12.4. The van der Waals surface area contributed by atoms with Crippen LogP contribution in [0.4, 0.5) is 0 Å². The summed E-state index contributed by atoms with van der Waals surface area (Å²) >= 11 is 3.48.